The molecule has 1 aliphatic heterocycles. The lowest BCUT2D eigenvalue weighted by Crippen LogP contribution is -2.46. The normalized spacial score (nSPS) is 16.1. The molecule has 0 bridgehead atoms. The monoisotopic (exact) mass is 534 g/mol. The highest BCUT2D eigenvalue weighted by Crippen LogP contribution is 2.23. The Balaban J connectivity index is 0.00000450. The molecule has 0 spiro atoms. The van der Waals surface area contributed by atoms with E-state index in [1.54, 1.807) is 13.2 Å². The van der Waals surface area contributed by atoms with Gasteiger partial charge in [0.2, 0.25) is 0 Å². The van der Waals surface area contributed by atoms with Crippen molar-refractivity contribution in [1.82, 2.24) is 15.5 Å². The molecule has 1 saturated heterocycles. The largest absolute Gasteiger partial charge is 0.508 e. The average Bonchev–Trinajstić information content (AvgIpc) is 2.72. The van der Waals surface area contributed by atoms with Gasteiger partial charge in [-0.05, 0) is 37.3 Å². The molecule has 1 unspecified atom stereocenters. The number of aliphatic imine (C=N–C) groups is 1. The summed E-state index contributed by atoms with van der Waals surface area (Å²) in [6.07, 6.45) is 1.84. The van der Waals surface area contributed by atoms with Gasteiger partial charge in [-0.3, -0.25) is 9.89 Å². The molecule has 1 aromatic rings. The smallest absolute Gasteiger partial charge is 0.191 e. The van der Waals surface area contributed by atoms with Crippen molar-refractivity contribution in [3.05, 3.63) is 23.8 Å². The summed E-state index contributed by atoms with van der Waals surface area (Å²) in [7, 11) is 1.60. The first-order valence-electron chi connectivity index (χ1n) is 10.7. The molecule has 1 aliphatic rings. The van der Waals surface area contributed by atoms with Gasteiger partial charge < -0.3 is 25.2 Å². The third-order valence-electron chi connectivity index (χ3n) is 5.09. The summed E-state index contributed by atoms with van der Waals surface area (Å²) in [5, 5.41) is 16.8. The van der Waals surface area contributed by atoms with Gasteiger partial charge in [0.1, 0.15) is 11.5 Å². The molecule has 172 valence electrons. The van der Waals surface area contributed by atoms with Gasteiger partial charge in [0.25, 0.3) is 0 Å². The van der Waals surface area contributed by atoms with Gasteiger partial charge in [0.15, 0.2) is 5.96 Å². The lowest BCUT2D eigenvalue weighted by atomic mass is 10.0. The van der Waals surface area contributed by atoms with Crippen LogP contribution in [0.4, 0.5) is 0 Å². The highest BCUT2D eigenvalue weighted by atomic mass is 127. The fraction of sp³-hybridized carbons (Fsp3) is 0.682. The van der Waals surface area contributed by atoms with E-state index in [0.29, 0.717) is 30.7 Å². The van der Waals surface area contributed by atoms with Crippen molar-refractivity contribution in [3.8, 4) is 11.5 Å². The molecule has 2 rings (SSSR count). The molecule has 7 nitrogen and oxygen atoms in total. The molecule has 1 fully saturated rings. The van der Waals surface area contributed by atoms with Crippen molar-refractivity contribution in [1.29, 1.82) is 0 Å². The van der Waals surface area contributed by atoms with E-state index in [0.717, 1.165) is 57.3 Å². The van der Waals surface area contributed by atoms with Gasteiger partial charge in [-0.2, -0.15) is 0 Å². The summed E-state index contributed by atoms with van der Waals surface area (Å²) in [6.45, 7) is 12.4. The van der Waals surface area contributed by atoms with Crippen molar-refractivity contribution < 1.29 is 14.6 Å². The van der Waals surface area contributed by atoms with Crippen LogP contribution in [0.25, 0.3) is 0 Å². The SMILES string of the molecule is CCNC(=NCC(CC(C)C)N1CCOCC1)NCCc1ccc(OC)cc1O.I. The van der Waals surface area contributed by atoms with E-state index in [1.807, 2.05) is 12.1 Å². The predicted molar refractivity (Wildman–Crippen MR) is 133 cm³/mol. The van der Waals surface area contributed by atoms with E-state index < -0.39 is 0 Å². The fourth-order valence-electron chi connectivity index (χ4n) is 3.56. The van der Waals surface area contributed by atoms with E-state index in [1.165, 1.54) is 0 Å². The zero-order chi connectivity index (χ0) is 21.1. The number of aromatic hydroxyl groups is 1. The first kappa shape index (κ1) is 26.8. The number of halogens is 1. The van der Waals surface area contributed by atoms with Crippen molar-refractivity contribution >= 4 is 29.9 Å². The molecule has 0 radical (unpaired) electrons. The number of guanidine groups is 1. The molecular weight excluding hydrogens is 495 g/mol. The van der Waals surface area contributed by atoms with Gasteiger partial charge >= 0.3 is 0 Å². The summed E-state index contributed by atoms with van der Waals surface area (Å²) in [5.41, 5.74) is 0.889. The zero-order valence-electron chi connectivity index (χ0n) is 18.8. The molecule has 1 aromatic carbocycles. The molecule has 0 aromatic heterocycles. The lowest BCUT2D eigenvalue weighted by Gasteiger charge is -2.34. The van der Waals surface area contributed by atoms with Gasteiger partial charge in [0, 0.05) is 38.3 Å². The highest BCUT2D eigenvalue weighted by Gasteiger charge is 2.21. The highest BCUT2D eigenvalue weighted by molar-refractivity contribution is 14.0. The van der Waals surface area contributed by atoms with Gasteiger partial charge in [-0.15, -0.1) is 24.0 Å². The van der Waals surface area contributed by atoms with Crippen LogP contribution >= 0.6 is 24.0 Å². The number of nitrogens with one attached hydrogen (secondary N) is 2. The topological polar surface area (TPSA) is 78.4 Å². The zero-order valence-corrected chi connectivity index (χ0v) is 21.1. The number of nitrogens with zero attached hydrogens (tertiary/aromatic N) is 2. The molecule has 30 heavy (non-hydrogen) atoms. The summed E-state index contributed by atoms with van der Waals surface area (Å²) < 4.78 is 10.6. The third-order valence-corrected chi connectivity index (χ3v) is 5.09. The first-order chi connectivity index (χ1) is 14.0. The molecule has 8 heteroatoms. The molecule has 0 aliphatic carbocycles. The molecule has 0 saturated carbocycles. The Morgan fingerprint density at radius 1 is 1.27 bits per heavy atom. The van der Waals surface area contributed by atoms with E-state index in [-0.39, 0.29) is 29.7 Å². The summed E-state index contributed by atoms with van der Waals surface area (Å²) >= 11 is 0. The van der Waals surface area contributed by atoms with Crippen molar-refractivity contribution in [3.63, 3.8) is 0 Å². The summed E-state index contributed by atoms with van der Waals surface area (Å²) in [5.74, 6) is 2.37. The molecular formula is C22H39IN4O3. The summed E-state index contributed by atoms with van der Waals surface area (Å²) in [6, 6.07) is 5.84. The van der Waals surface area contributed by atoms with Crippen LogP contribution in [0.3, 0.4) is 0 Å². The quantitative estimate of drug-likeness (QED) is 0.244. The number of phenolic OH excluding ortho intramolecular Hbond substituents is 1. The second-order valence-electron chi connectivity index (χ2n) is 7.82. The molecule has 0 amide bonds. The maximum Gasteiger partial charge on any atom is 0.191 e. The molecule has 1 heterocycles. The average molecular weight is 534 g/mol. The van der Waals surface area contributed by atoms with Crippen LogP contribution in [0.1, 0.15) is 32.8 Å². The Labute approximate surface area is 198 Å². The van der Waals surface area contributed by atoms with E-state index >= 15 is 0 Å². The second kappa shape index (κ2) is 14.7. The minimum Gasteiger partial charge on any atom is -0.508 e. The molecule has 1 atom stereocenters. The van der Waals surface area contributed by atoms with Crippen LogP contribution in [0.5, 0.6) is 11.5 Å². The number of phenols is 1. The number of hydrogen-bond acceptors (Lipinski definition) is 5. The van der Waals surface area contributed by atoms with Crippen LogP contribution in [-0.4, -0.2) is 75.1 Å². The van der Waals surface area contributed by atoms with Gasteiger partial charge in [0.05, 0.1) is 26.9 Å². The third kappa shape index (κ3) is 9.26. The standard InChI is InChI=1S/C22H38N4O3.HI/c1-5-23-22(24-9-8-18-6-7-20(28-4)15-21(18)27)25-16-19(14-17(2)3)26-10-12-29-13-11-26;/h6-7,15,17,19,27H,5,8-14,16H2,1-4H3,(H2,23,24,25);1H. The van der Waals surface area contributed by atoms with Crippen LogP contribution < -0.4 is 15.4 Å². The maximum absolute atomic E-state index is 10.1. The predicted octanol–water partition coefficient (Wildman–Crippen LogP) is 2.86. The Kier molecular flexibility index (Phi) is 13.1. The van der Waals surface area contributed by atoms with Crippen molar-refractivity contribution in [2.75, 3.05) is 53.0 Å². The van der Waals surface area contributed by atoms with Gasteiger partial charge in [-0.1, -0.05) is 19.9 Å². The minimum atomic E-state index is 0. The Morgan fingerprint density at radius 3 is 2.60 bits per heavy atom. The summed E-state index contributed by atoms with van der Waals surface area (Å²) in [4.78, 5) is 7.36. The lowest BCUT2D eigenvalue weighted by molar-refractivity contribution is 0.0143. The van der Waals surface area contributed by atoms with Gasteiger partial charge in [-0.25, -0.2) is 0 Å². The Morgan fingerprint density at radius 2 is 2.00 bits per heavy atom. The van der Waals surface area contributed by atoms with Crippen LogP contribution in [0.2, 0.25) is 0 Å². The first-order valence-corrected chi connectivity index (χ1v) is 10.7. The Bertz CT molecular complexity index is 637. The number of benzene rings is 1. The second-order valence-corrected chi connectivity index (χ2v) is 7.82. The number of morpholine rings is 1. The Hall–Kier alpha value is -1.26. The van der Waals surface area contributed by atoms with E-state index in [9.17, 15) is 5.11 Å². The van der Waals surface area contributed by atoms with E-state index in [4.69, 9.17) is 14.5 Å². The van der Waals surface area contributed by atoms with Crippen LogP contribution in [0, 0.1) is 5.92 Å². The van der Waals surface area contributed by atoms with Crippen LogP contribution in [-0.2, 0) is 11.2 Å². The number of methoxy groups -OCH3 is 1. The molecule has 3 N–H and O–H groups in total. The van der Waals surface area contributed by atoms with Crippen molar-refractivity contribution in [2.24, 2.45) is 10.9 Å². The van der Waals surface area contributed by atoms with Crippen LogP contribution in [0.15, 0.2) is 23.2 Å². The fourth-order valence-corrected chi connectivity index (χ4v) is 3.56. The minimum absolute atomic E-state index is 0. The maximum atomic E-state index is 10.1. The van der Waals surface area contributed by atoms with Crippen molar-refractivity contribution in [2.45, 2.75) is 39.7 Å². The number of hydrogen-bond donors (Lipinski definition) is 3. The number of rotatable bonds is 10. The van der Waals surface area contributed by atoms with E-state index in [2.05, 4.69) is 36.3 Å². The number of ether oxygens (including phenoxy) is 2.